The molecule has 1 saturated carbocycles. The van der Waals surface area contributed by atoms with Crippen molar-refractivity contribution in [3.05, 3.63) is 75.9 Å². The highest BCUT2D eigenvalue weighted by Crippen LogP contribution is 2.34. The molecule has 3 aromatic heterocycles. The molecule has 1 amide bonds. The lowest BCUT2D eigenvalue weighted by atomic mass is 10.2. The van der Waals surface area contributed by atoms with Crippen LogP contribution < -0.4 is 11.0 Å². The zero-order valence-corrected chi connectivity index (χ0v) is 21.2. The molecular weight excluding hydrogens is 541 g/mol. The average molecular weight is 563 g/mol. The first-order valence-corrected chi connectivity index (χ1v) is 12.2. The van der Waals surface area contributed by atoms with E-state index in [0.29, 0.717) is 16.3 Å². The van der Waals surface area contributed by atoms with Gasteiger partial charge in [0.2, 0.25) is 0 Å². The van der Waals surface area contributed by atoms with Gasteiger partial charge in [-0.1, -0.05) is 11.6 Å². The Bertz CT molecular complexity index is 1570. The second-order valence-corrected chi connectivity index (χ2v) is 9.87. The summed E-state index contributed by atoms with van der Waals surface area (Å²) >= 11 is 5.91. The molecule has 0 aliphatic heterocycles. The molecule has 0 radical (unpaired) electrons. The number of aromatic nitrogens is 7. The van der Waals surface area contributed by atoms with Crippen LogP contribution in [0.1, 0.15) is 36.1 Å². The van der Waals surface area contributed by atoms with Crippen LogP contribution in [0.15, 0.2) is 53.7 Å². The minimum atomic E-state index is -4.94. The number of alkyl halides is 3. The number of benzene rings is 1. The van der Waals surface area contributed by atoms with Gasteiger partial charge in [0.25, 0.3) is 5.91 Å². The van der Waals surface area contributed by atoms with Crippen LogP contribution in [-0.2, 0) is 13.1 Å². The highest BCUT2D eigenvalue weighted by molar-refractivity contribution is 6.30. The molecule has 0 spiro atoms. The number of halogens is 4. The van der Waals surface area contributed by atoms with Gasteiger partial charge >= 0.3 is 11.9 Å². The van der Waals surface area contributed by atoms with Crippen molar-refractivity contribution in [2.24, 2.45) is 0 Å². The Morgan fingerprint density at radius 3 is 2.56 bits per heavy atom. The Labute approximate surface area is 223 Å². The lowest BCUT2D eigenvalue weighted by Crippen LogP contribution is -2.37. The lowest BCUT2D eigenvalue weighted by molar-refractivity contribution is -0.207. The minimum absolute atomic E-state index is 0.0980. The smallest absolute Gasteiger partial charge is 0.382 e. The summed E-state index contributed by atoms with van der Waals surface area (Å²) in [7, 11) is 0. The average Bonchev–Trinajstić information content (AvgIpc) is 3.29. The molecular formula is C24H22ClF3N8O3. The zero-order valence-electron chi connectivity index (χ0n) is 20.4. The van der Waals surface area contributed by atoms with Crippen molar-refractivity contribution in [1.82, 2.24) is 39.4 Å². The third kappa shape index (κ3) is 5.71. The molecule has 0 saturated heterocycles. The van der Waals surface area contributed by atoms with Crippen molar-refractivity contribution in [1.29, 1.82) is 0 Å². The molecule has 1 atom stereocenters. The molecule has 4 aromatic rings. The van der Waals surface area contributed by atoms with E-state index in [2.05, 4.69) is 25.5 Å². The summed E-state index contributed by atoms with van der Waals surface area (Å²) in [4.78, 5) is 34.2. The Kier molecular flexibility index (Phi) is 6.76. The zero-order chi connectivity index (χ0) is 27.9. The molecule has 1 aromatic carbocycles. The van der Waals surface area contributed by atoms with Gasteiger partial charge in [-0.25, -0.2) is 24.1 Å². The highest BCUT2D eigenvalue weighted by Gasteiger charge is 2.40. The van der Waals surface area contributed by atoms with E-state index in [9.17, 15) is 27.9 Å². The molecule has 11 nitrogen and oxygen atoms in total. The number of hydrogen-bond acceptors (Lipinski definition) is 7. The molecule has 5 rings (SSSR count). The third-order valence-corrected chi connectivity index (χ3v) is 6.50. The fourth-order valence-corrected chi connectivity index (χ4v) is 3.95. The van der Waals surface area contributed by atoms with Crippen LogP contribution in [0.5, 0.6) is 0 Å². The second kappa shape index (κ2) is 9.93. The third-order valence-electron chi connectivity index (χ3n) is 6.25. The Balaban J connectivity index is 1.45. The largest absolute Gasteiger partial charge is 0.416 e. The molecule has 1 aliphatic carbocycles. The van der Waals surface area contributed by atoms with Crippen molar-refractivity contribution in [2.45, 2.75) is 50.7 Å². The number of carbonyl (C=O) groups is 1. The SMILES string of the molecule is CC1(NC(=O)c2ncccc2-n2cnc(Cn3nc(-c4ccc(Cl)cc4)n(C[C@H](O)C(F)(F)F)c3=O)n2)CC1. The summed E-state index contributed by atoms with van der Waals surface area (Å²) in [5.74, 6) is -0.363. The number of pyridine rings is 1. The van der Waals surface area contributed by atoms with Crippen molar-refractivity contribution in [2.75, 3.05) is 0 Å². The number of aliphatic hydroxyl groups is 1. The Morgan fingerprint density at radius 2 is 1.90 bits per heavy atom. The van der Waals surface area contributed by atoms with E-state index in [0.717, 1.165) is 22.1 Å². The molecule has 0 unspecified atom stereocenters. The van der Waals surface area contributed by atoms with Crippen LogP contribution in [0, 0.1) is 0 Å². The van der Waals surface area contributed by atoms with Crippen LogP contribution in [0.2, 0.25) is 5.02 Å². The number of carbonyl (C=O) groups excluding carboxylic acids is 1. The summed E-state index contributed by atoms with van der Waals surface area (Å²) in [5, 5.41) is 21.5. The summed E-state index contributed by atoms with van der Waals surface area (Å²) < 4.78 is 42.2. The minimum Gasteiger partial charge on any atom is -0.382 e. The normalized spacial score (nSPS) is 15.2. The maximum atomic E-state index is 13.1. The van der Waals surface area contributed by atoms with Gasteiger partial charge in [0.05, 0.1) is 12.2 Å². The summed E-state index contributed by atoms with van der Waals surface area (Å²) in [6.45, 7) is 0.584. The standard InChI is InChI=1S/C24H22ClF3N8O3/c1-23(8-9-23)31-21(38)19-16(3-2-10-29-19)36-13-30-18(32-36)12-35-22(39)34(11-17(37)24(26,27)28)20(33-35)14-4-6-15(25)7-5-14/h2-7,10,13,17,37H,8-9,11-12H2,1H3,(H,31,38)/t17-/m0/s1. The fourth-order valence-electron chi connectivity index (χ4n) is 3.82. The molecule has 2 N–H and O–H groups in total. The van der Waals surface area contributed by atoms with Crippen molar-refractivity contribution in [3.63, 3.8) is 0 Å². The van der Waals surface area contributed by atoms with Gasteiger partial charge < -0.3 is 10.4 Å². The quantitative estimate of drug-likeness (QED) is 0.337. The molecule has 3 heterocycles. The topological polar surface area (TPSA) is 133 Å². The first-order valence-electron chi connectivity index (χ1n) is 11.8. The van der Waals surface area contributed by atoms with Gasteiger partial charge in [0.1, 0.15) is 12.9 Å². The predicted molar refractivity (Wildman–Crippen MR) is 132 cm³/mol. The van der Waals surface area contributed by atoms with Crippen LogP contribution in [0.3, 0.4) is 0 Å². The number of nitrogens with one attached hydrogen (secondary N) is 1. The van der Waals surface area contributed by atoms with Gasteiger partial charge in [0.15, 0.2) is 23.4 Å². The van der Waals surface area contributed by atoms with Crippen molar-refractivity contribution >= 4 is 17.5 Å². The van der Waals surface area contributed by atoms with E-state index >= 15 is 0 Å². The van der Waals surface area contributed by atoms with Crippen LogP contribution in [0.4, 0.5) is 13.2 Å². The van der Waals surface area contributed by atoms with E-state index in [-0.39, 0.29) is 35.3 Å². The van der Waals surface area contributed by atoms with Gasteiger partial charge in [-0.05, 0) is 56.2 Å². The fraction of sp³-hybridized carbons (Fsp3) is 0.333. The molecule has 1 fully saturated rings. The first-order chi connectivity index (χ1) is 18.4. The van der Waals surface area contributed by atoms with Crippen LogP contribution in [0.25, 0.3) is 17.1 Å². The summed E-state index contributed by atoms with van der Waals surface area (Å²) in [5.41, 5.74) is -0.362. The van der Waals surface area contributed by atoms with Gasteiger partial charge in [-0.2, -0.15) is 13.2 Å². The second-order valence-electron chi connectivity index (χ2n) is 9.43. The molecule has 0 bridgehead atoms. The number of hydrogen-bond donors (Lipinski definition) is 2. The van der Waals surface area contributed by atoms with E-state index in [4.69, 9.17) is 11.6 Å². The van der Waals surface area contributed by atoms with Gasteiger partial charge in [0, 0.05) is 22.3 Å². The van der Waals surface area contributed by atoms with Gasteiger partial charge in [-0.15, -0.1) is 10.2 Å². The van der Waals surface area contributed by atoms with Crippen molar-refractivity contribution in [3.8, 4) is 17.1 Å². The summed E-state index contributed by atoms with van der Waals surface area (Å²) in [6, 6.07) is 9.25. The lowest BCUT2D eigenvalue weighted by Gasteiger charge is -2.15. The van der Waals surface area contributed by atoms with Crippen molar-refractivity contribution < 1.29 is 23.1 Å². The van der Waals surface area contributed by atoms with Crippen LogP contribution in [-0.4, -0.2) is 62.9 Å². The highest BCUT2D eigenvalue weighted by atomic mass is 35.5. The van der Waals surface area contributed by atoms with E-state index in [1.165, 1.54) is 41.5 Å². The maximum absolute atomic E-state index is 13.1. The van der Waals surface area contributed by atoms with Gasteiger partial charge in [-0.3, -0.25) is 9.36 Å². The molecule has 15 heteroatoms. The van der Waals surface area contributed by atoms with Crippen LogP contribution >= 0.6 is 11.6 Å². The maximum Gasteiger partial charge on any atom is 0.416 e. The summed E-state index contributed by atoms with van der Waals surface area (Å²) in [6.07, 6.45) is -3.18. The number of amides is 1. The molecule has 1 aliphatic rings. The Morgan fingerprint density at radius 1 is 1.18 bits per heavy atom. The number of nitrogens with zero attached hydrogens (tertiary/aromatic N) is 7. The van der Waals surface area contributed by atoms with E-state index in [1.54, 1.807) is 12.1 Å². The number of aliphatic hydroxyl groups excluding tert-OH is 1. The predicted octanol–water partition coefficient (Wildman–Crippen LogP) is 2.59. The first kappa shape index (κ1) is 26.6. The number of rotatable bonds is 8. The molecule has 204 valence electrons. The monoisotopic (exact) mass is 562 g/mol. The van der Waals surface area contributed by atoms with E-state index < -0.39 is 24.5 Å². The van der Waals surface area contributed by atoms with E-state index in [1.807, 2.05) is 6.92 Å². The Hall–Kier alpha value is -4.04. The molecule has 39 heavy (non-hydrogen) atoms.